The van der Waals surface area contributed by atoms with Gasteiger partial charge in [0.05, 0.1) is 18.9 Å². The number of hydrogen-bond acceptors (Lipinski definition) is 4. The van der Waals surface area contributed by atoms with Gasteiger partial charge in [0, 0.05) is 32.0 Å². The van der Waals surface area contributed by atoms with Crippen molar-refractivity contribution in [3.8, 4) is 0 Å². The first kappa shape index (κ1) is 15.4. The topological polar surface area (TPSA) is 43.4 Å². The van der Waals surface area contributed by atoms with Crippen molar-refractivity contribution in [2.75, 3.05) is 19.8 Å². The van der Waals surface area contributed by atoms with Crippen molar-refractivity contribution < 1.29 is 9.47 Å². The summed E-state index contributed by atoms with van der Waals surface area (Å²) in [5.74, 6) is 0.651. The molecule has 0 bridgehead atoms. The van der Waals surface area contributed by atoms with Gasteiger partial charge in [-0.15, -0.1) is 0 Å². The van der Waals surface area contributed by atoms with Crippen LogP contribution in [0.3, 0.4) is 0 Å². The molecule has 2 rings (SSSR count). The Kier molecular flexibility index (Phi) is 6.43. The lowest BCUT2D eigenvalue weighted by atomic mass is 10.0. The van der Waals surface area contributed by atoms with Gasteiger partial charge in [-0.25, -0.2) is 0 Å². The molecule has 4 nitrogen and oxygen atoms in total. The Morgan fingerprint density at radius 3 is 2.80 bits per heavy atom. The Labute approximate surface area is 121 Å². The maximum atomic E-state index is 5.76. The lowest BCUT2D eigenvalue weighted by Gasteiger charge is -2.21. The minimum absolute atomic E-state index is 0.498. The van der Waals surface area contributed by atoms with Gasteiger partial charge < -0.3 is 14.8 Å². The molecule has 0 spiro atoms. The van der Waals surface area contributed by atoms with Gasteiger partial charge in [-0.2, -0.15) is 0 Å². The monoisotopic (exact) mass is 278 g/mol. The standard InChI is InChI=1S/C16H26N2O2/c1-13(2)17-9-15-3-4-16(18-10-15)12-20-11-14-5-7-19-8-6-14/h3-4,10,13-14,17H,5-9,11-12H2,1-2H3. The Morgan fingerprint density at radius 1 is 1.35 bits per heavy atom. The molecule has 4 heteroatoms. The lowest BCUT2D eigenvalue weighted by molar-refractivity contribution is 0.0150. The van der Waals surface area contributed by atoms with Crippen molar-refractivity contribution in [3.05, 3.63) is 29.6 Å². The summed E-state index contributed by atoms with van der Waals surface area (Å²) in [6, 6.07) is 4.68. The highest BCUT2D eigenvalue weighted by atomic mass is 16.5. The number of hydrogen-bond donors (Lipinski definition) is 1. The van der Waals surface area contributed by atoms with Crippen LogP contribution in [0.5, 0.6) is 0 Å². The van der Waals surface area contributed by atoms with Crippen LogP contribution in [0.2, 0.25) is 0 Å². The van der Waals surface area contributed by atoms with Gasteiger partial charge >= 0.3 is 0 Å². The van der Waals surface area contributed by atoms with E-state index in [0.717, 1.165) is 44.9 Å². The summed E-state index contributed by atoms with van der Waals surface area (Å²) in [4.78, 5) is 4.45. The molecule has 1 aromatic heterocycles. The van der Waals surface area contributed by atoms with Crippen LogP contribution in [0, 0.1) is 5.92 Å². The maximum absolute atomic E-state index is 5.76. The molecule has 0 aliphatic carbocycles. The van der Waals surface area contributed by atoms with E-state index in [2.05, 4.69) is 36.3 Å². The van der Waals surface area contributed by atoms with Crippen molar-refractivity contribution in [2.45, 2.75) is 45.9 Å². The average Bonchev–Trinajstić information content (AvgIpc) is 2.47. The number of aromatic nitrogens is 1. The molecule has 0 aromatic carbocycles. The van der Waals surface area contributed by atoms with Gasteiger partial charge in [0.2, 0.25) is 0 Å². The Bertz CT molecular complexity index is 373. The first-order valence-electron chi connectivity index (χ1n) is 7.56. The van der Waals surface area contributed by atoms with E-state index in [4.69, 9.17) is 9.47 Å². The van der Waals surface area contributed by atoms with Crippen LogP contribution in [-0.4, -0.2) is 30.8 Å². The van der Waals surface area contributed by atoms with E-state index in [1.54, 1.807) is 0 Å². The summed E-state index contributed by atoms with van der Waals surface area (Å²) in [7, 11) is 0. The van der Waals surface area contributed by atoms with E-state index >= 15 is 0 Å². The van der Waals surface area contributed by atoms with Gasteiger partial charge in [-0.1, -0.05) is 19.9 Å². The van der Waals surface area contributed by atoms with Crippen LogP contribution >= 0.6 is 0 Å². The van der Waals surface area contributed by atoms with Gasteiger partial charge in [-0.05, 0) is 30.4 Å². The van der Waals surface area contributed by atoms with Crippen LogP contribution in [0.15, 0.2) is 18.3 Å². The zero-order valence-corrected chi connectivity index (χ0v) is 12.6. The molecule has 112 valence electrons. The molecule has 20 heavy (non-hydrogen) atoms. The third kappa shape index (κ3) is 5.57. The zero-order valence-electron chi connectivity index (χ0n) is 12.6. The van der Waals surface area contributed by atoms with Gasteiger partial charge in [0.25, 0.3) is 0 Å². The van der Waals surface area contributed by atoms with Crippen LogP contribution in [0.1, 0.15) is 37.9 Å². The first-order valence-corrected chi connectivity index (χ1v) is 7.56. The summed E-state index contributed by atoms with van der Waals surface area (Å²) < 4.78 is 11.1. The molecule has 1 aliphatic heterocycles. The fourth-order valence-corrected chi connectivity index (χ4v) is 2.21. The number of pyridine rings is 1. The molecule has 1 saturated heterocycles. The lowest BCUT2D eigenvalue weighted by Crippen LogP contribution is -2.22. The molecular formula is C16H26N2O2. The summed E-state index contributed by atoms with van der Waals surface area (Å²) in [6.07, 6.45) is 4.17. The third-order valence-electron chi connectivity index (χ3n) is 3.54. The molecule has 1 fully saturated rings. The number of nitrogens with one attached hydrogen (secondary N) is 1. The second-order valence-electron chi connectivity index (χ2n) is 5.76. The first-order chi connectivity index (χ1) is 9.74. The molecule has 1 aliphatic rings. The van der Waals surface area contributed by atoms with Crippen LogP contribution < -0.4 is 5.32 Å². The minimum Gasteiger partial charge on any atom is -0.381 e. The molecule has 0 radical (unpaired) electrons. The highest BCUT2D eigenvalue weighted by Crippen LogP contribution is 2.15. The van der Waals surface area contributed by atoms with E-state index in [-0.39, 0.29) is 0 Å². The summed E-state index contributed by atoms with van der Waals surface area (Å²) in [6.45, 7) is 8.34. The maximum Gasteiger partial charge on any atom is 0.0887 e. The van der Waals surface area contributed by atoms with Crippen molar-refractivity contribution in [1.82, 2.24) is 10.3 Å². The van der Waals surface area contributed by atoms with Crippen molar-refractivity contribution >= 4 is 0 Å². The Morgan fingerprint density at radius 2 is 2.15 bits per heavy atom. The highest BCUT2D eigenvalue weighted by molar-refractivity contribution is 5.13. The van der Waals surface area contributed by atoms with Crippen molar-refractivity contribution in [3.63, 3.8) is 0 Å². The molecule has 0 amide bonds. The molecular weight excluding hydrogens is 252 g/mol. The van der Waals surface area contributed by atoms with Gasteiger partial charge in [0.15, 0.2) is 0 Å². The largest absolute Gasteiger partial charge is 0.381 e. The molecule has 0 saturated carbocycles. The molecule has 1 aromatic rings. The number of nitrogens with zero attached hydrogens (tertiary/aromatic N) is 1. The second-order valence-corrected chi connectivity index (χ2v) is 5.76. The van der Waals surface area contributed by atoms with Crippen LogP contribution in [-0.2, 0) is 22.6 Å². The Balaban J connectivity index is 1.67. The van der Waals surface area contributed by atoms with Gasteiger partial charge in [0.1, 0.15) is 0 Å². The van der Waals surface area contributed by atoms with E-state index in [1.807, 2.05) is 6.20 Å². The van der Waals surface area contributed by atoms with Crippen LogP contribution in [0.4, 0.5) is 0 Å². The SMILES string of the molecule is CC(C)NCc1ccc(COCC2CCOCC2)nc1. The predicted octanol–water partition coefficient (Wildman–Crippen LogP) is 2.52. The minimum atomic E-state index is 0.498. The van der Waals surface area contributed by atoms with E-state index in [9.17, 15) is 0 Å². The average molecular weight is 278 g/mol. The normalized spacial score (nSPS) is 16.8. The number of rotatable bonds is 7. The molecule has 1 N–H and O–H groups in total. The number of ether oxygens (including phenoxy) is 2. The van der Waals surface area contributed by atoms with Crippen molar-refractivity contribution in [2.24, 2.45) is 5.92 Å². The fraction of sp³-hybridized carbons (Fsp3) is 0.688. The molecule has 2 heterocycles. The van der Waals surface area contributed by atoms with Gasteiger partial charge in [-0.3, -0.25) is 4.98 Å². The molecule has 0 unspecified atom stereocenters. The third-order valence-corrected chi connectivity index (χ3v) is 3.54. The zero-order chi connectivity index (χ0) is 14.2. The van der Waals surface area contributed by atoms with E-state index in [0.29, 0.717) is 18.6 Å². The smallest absolute Gasteiger partial charge is 0.0887 e. The molecule has 0 atom stereocenters. The fourth-order valence-electron chi connectivity index (χ4n) is 2.21. The summed E-state index contributed by atoms with van der Waals surface area (Å²) in [5, 5.41) is 3.38. The quantitative estimate of drug-likeness (QED) is 0.832. The summed E-state index contributed by atoms with van der Waals surface area (Å²) >= 11 is 0. The second kappa shape index (κ2) is 8.35. The Hall–Kier alpha value is -0.970. The van der Waals surface area contributed by atoms with Crippen molar-refractivity contribution in [1.29, 1.82) is 0 Å². The van der Waals surface area contributed by atoms with Crippen LogP contribution in [0.25, 0.3) is 0 Å². The van der Waals surface area contributed by atoms with E-state index in [1.165, 1.54) is 5.56 Å². The summed E-state index contributed by atoms with van der Waals surface area (Å²) in [5.41, 5.74) is 2.22. The van der Waals surface area contributed by atoms with E-state index < -0.39 is 0 Å². The predicted molar refractivity (Wildman–Crippen MR) is 79.4 cm³/mol. The highest BCUT2D eigenvalue weighted by Gasteiger charge is 2.13.